The van der Waals surface area contributed by atoms with Crippen LogP contribution >= 0.6 is 0 Å². The van der Waals surface area contributed by atoms with Crippen LogP contribution in [0.5, 0.6) is 0 Å². The van der Waals surface area contributed by atoms with E-state index in [0.717, 1.165) is 17.7 Å². The Hall–Kier alpha value is -3.68. The van der Waals surface area contributed by atoms with E-state index in [0.29, 0.717) is 10.9 Å². The number of amides is 2. The van der Waals surface area contributed by atoms with Crippen LogP contribution in [-0.2, 0) is 20.7 Å². The van der Waals surface area contributed by atoms with Crippen LogP contribution < -0.4 is 5.32 Å². The average Bonchev–Trinajstić information content (AvgIpc) is 3.16. The number of H-pyrrole nitrogens is 1. The lowest BCUT2D eigenvalue weighted by Gasteiger charge is -2.17. The highest BCUT2D eigenvalue weighted by Crippen LogP contribution is 2.16. The van der Waals surface area contributed by atoms with E-state index in [2.05, 4.69) is 15.5 Å². The summed E-state index contributed by atoms with van der Waals surface area (Å²) in [6.07, 6.45) is 0.781. The second kappa shape index (κ2) is 9.01. The van der Waals surface area contributed by atoms with Crippen molar-refractivity contribution in [1.82, 2.24) is 15.1 Å². The first kappa shape index (κ1) is 20.1. The van der Waals surface area contributed by atoms with Crippen LogP contribution in [0.1, 0.15) is 23.0 Å². The molecule has 0 atom stereocenters. The Labute approximate surface area is 167 Å². The Bertz CT molecular complexity index is 1040. The Morgan fingerprint density at radius 3 is 2.62 bits per heavy atom. The summed E-state index contributed by atoms with van der Waals surface area (Å²) in [5.74, 6) is -1.52. The number of nitrogens with zero attached hydrogens (tertiary/aromatic N) is 2. The number of ether oxygens (including phenoxy) is 1. The van der Waals surface area contributed by atoms with Crippen molar-refractivity contribution in [3.05, 3.63) is 59.8 Å². The van der Waals surface area contributed by atoms with E-state index in [1.807, 2.05) is 37.3 Å². The molecule has 8 heteroatoms. The number of aryl methyl sites for hydroxylation is 1. The van der Waals surface area contributed by atoms with Crippen LogP contribution in [0.2, 0.25) is 0 Å². The second-order valence-corrected chi connectivity index (χ2v) is 6.50. The van der Waals surface area contributed by atoms with E-state index in [-0.39, 0.29) is 18.1 Å². The first-order chi connectivity index (χ1) is 14.0. The van der Waals surface area contributed by atoms with Crippen molar-refractivity contribution in [1.29, 1.82) is 0 Å². The number of nitrogens with one attached hydrogen (secondary N) is 2. The van der Waals surface area contributed by atoms with Crippen molar-refractivity contribution < 1.29 is 19.1 Å². The van der Waals surface area contributed by atoms with Crippen LogP contribution in [0.4, 0.5) is 5.69 Å². The molecule has 1 aromatic heterocycles. The van der Waals surface area contributed by atoms with Crippen LogP contribution in [0.3, 0.4) is 0 Å². The number of fused-ring (bicyclic) bond motifs is 1. The molecule has 0 aliphatic rings. The van der Waals surface area contributed by atoms with Crippen LogP contribution in [0.15, 0.2) is 48.5 Å². The van der Waals surface area contributed by atoms with Gasteiger partial charge in [-0.05, 0) is 24.1 Å². The fourth-order valence-corrected chi connectivity index (χ4v) is 2.87. The van der Waals surface area contributed by atoms with E-state index >= 15 is 0 Å². The zero-order chi connectivity index (χ0) is 20.8. The number of rotatable bonds is 7. The van der Waals surface area contributed by atoms with Gasteiger partial charge in [0.2, 0.25) is 5.91 Å². The number of anilines is 1. The molecule has 29 heavy (non-hydrogen) atoms. The maximum atomic E-state index is 12.2. The molecule has 2 amide bonds. The molecule has 8 nitrogen and oxygen atoms in total. The smallest absolute Gasteiger partial charge is 0.359 e. The molecule has 3 aromatic rings. The molecule has 1 heterocycles. The largest absolute Gasteiger partial charge is 0.451 e. The van der Waals surface area contributed by atoms with Gasteiger partial charge in [0.05, 0.1) is 12.1 Å². The Balaban J connectivity index is 1.52. The third kappa shape index (κ3) is 4.78. The van der Waals surface area contributed by atoms with Crippen LogP contribution in [-0.4, -0.2) is 53.1 Å². The molecule has 0 unspecified atom stereocenters. The highest BCUT2D eigenvalue weighted by molar-refractivity contribution is 6.02. The second-order valence-electron chi connectivity index (χ2n) is 6.50. The fraction of sp³-hybridized carbons (Fsp3) is 0.238. The molecule has 0 saturated carbocycles. The van der Waals surface area contributed by atoms with Gasteiger partial charge in [0, 0.05) is 18.1 Å². The number of carbonyl (C=O) groups is 3. The summed E-state index contributed by atoms with van der Waals surface area (Å²) in [6, 6.07) is 14.6. The first-order valence-electron chi connectivity index (χ1n) is 9.21. The SMILES string of the molecule is CCc1ccccc1NC(=O)CN(C)C(=O)COC(=O)c1n[nH]c2ccccc12. The highest BCUT2D eigenvalue weighted by atomic mass is 16.5. The fourth-order valence-electron chi connectivity index (χ4n) is 2.87. The maximum absolute atomic E-state index is 12.2. The minimum absolute atomic E-state index is 0.116. The number of para-hydroxylation sites is 2. The van der Waals surface area contributed by atoms with Crippen molar-refractivity contribution in [3.8, 4) is 0 Å². The Morgan fingerprint density at radius 2 is 1.83 bits per heavy atom. The summed E-state index contributed by atoms with van der Waals surface area (Å²) in [5, 5.41) is 10.1. The van der Waals surface area contributed by atoms with Gasteiger partial charge >= 0.3 is 5.97 Å². The van der Waals surface area contributed by atoms with Gasteiger partial charge < -0.3 is 15.0 Å². The molecule has 0 bridgehead atoms. The van der Waals surface area contributed by atoms with E-state index < -0.39 is 18.5 Å². The quantitative estimate of drug-likeness (QED) is 0.599. The van der Waals surface area contributed by atoms with Crippen molar-refractivity contribution in [3.63, 3.8) is 0 Å². The lowest BCUT2D eigenvalue weighted by Crippen LogP contribution is -2.37. The Kier molecular flexibility index (Phi) is 6.23. The lowest BCUT2D eigenvalue weighted by atomic mass is 10.1. The molecule has 0 aliphatic carbocycles. The van der Waals surface area contributed by atoms with Gasteiger partial charge in [-0.25, -0.2) is 4.79 Å². The molecule has 0 fully saturated rings. The third-order valence-electron chi connectivity index (χ3n) is 4.47. The minimum Gasteiger partial charge on any atom is -0.451 e. The van der Waals surface area contributed by atoms with Gasteiger partial charge in [0.25, 0.3) is 5.91 Å². The predicted octanol–water partition coefficient (Wildman–Crippen LogP) is 2.38. The van der Waals surface area contributed by atoms with E-state index in [9.17, 15) is 14.4 Å². The molecule has 0 aliphatic heterocycles. The molecule has 3 rings (SSSR count). The van der Waals surface area contributed by atoms with Crippen molar-refractivity contribution in [2.45, 2.75) is 13.3 Å². The van der Waals surface area contributed by atoms with E-state index in [4.69, 9.17) is 4.74 Å². The number of benzene rings is 2. The van der Waals surface area contributed by atoms with Crippen molar-refractivity contribution in [2.75, 3.05) is 25.5 Å². The molecule has 0 radical (unpaired) electrons. The molecule has 2 aromatic carbocycles. The lowest BCUT2D eigenvalue weighted by molar-refractivity contribution is -0.136. The molecule has 0 saturated heterocycles. The standard InChI is InChI=1S/C21H22N4O4/c1-3-14-8-4-6-10-16(14)22-18(26)12-25(2)19(27)13-29-21(28)20-15-9-5-7-11-17(15)23-24-20/h4-11H,3,12-13H2,1-2H3,(H,22,26)(H,23,24). The van der Waals surface area contributed by atoms with Crippen LogP contribution in [0, 0.1) is 0 Å². The highest BCUT2D eigenvalue weighted by Gasteiger charge is 2.19. The van der Waals surface area contributed by atoms with Gasteiger partial charge in [-0.15, -0.1) is 0 Å². The van der Waals surface area contributed by atoms with Crippen LogP contribution in [0.25, 0.3) is 10.9 Å². The molecule has 2 N–H and O–H groups in total. The first-order valence-corrected chi connectivity index (χ1v) is 9.21. The van der Waals surface area contributed by atoms with Gasteiger partial charge in [0.1, 0.15) is 0 Å². The topological polar surface area (TPSA) is 104 Å². The number of hydrogen-bond acceptors (Lipinski definition) is 5. The number of hydrogen-bond donors (Lipinski definition) is 2. The number of likely N-dealkylation sites (N-methyl/N-ethyl adjacent to an activating group) is 1. The average molecular weight is 394 g/mol. The van der Waals surface area contributed by atoms with Crippen molar-refractivity contribution >= 4 is 34.4 Å². The van der Waals surface area contributed by atoms with Gasteiger partial charge in [-0.1, -0.05) is 43.3 Å². The van der Waals surface area contributed by atoms with Gasteiger partial charge in [-0.3, -0.25) is 14.7 Å². The number of esters is 1. The van der Waals surface area contributed by atoms with E-state index in [1.54, 1.807) is 18.2 Å². The zero-order valence-electron chi connectivity index (χ0n) is 16.3. The Morgan fingerprint density at radius 1 is 1.10 bits per heavy atom. The zero-order valence-corrected chi connectivity index (χ0v) is 16.3. The molecular weight excluding hydrogens is 372 g/mol. The summed E-state index contributed by atoms with van der Waals surface area (Å²) in [7, 11) is 1.48. The summed E-state index contributed by atoms with van der Waals surface area (Å²) in [6.45, 7) is 1.37. The number of carbonyl (C=O) groups excluding carboxylic acids is 3. The van der Waals surface area contributed by atoms with Gasteiger partial charge in [0.15, 0.2) is 12.3 Å². The normalized spacial score (nSPS) is 10.6. The summed E-state index contributed by atoms with van der Waals surface area (Å²) >= 11 is 0. The third-order valence-corrected chi connectivity index (χ3v) is 4.47. The van der Waals surface area contributed by atoms with E-state index in [1.165, 1.54) is 11.9 Å². The number of aromatic amines is 1. The monoisotopic (exact) mass is 394 g/mol. The molecule has 0 spiro atoms. The van der Waals surface area contributed by atoms with Crippen molar-refractivity contribution in [2.24, 2.45) is 0 Å². The predicted molar refractivity (Wildman–Crippen MR) is 108 cm³/mol. The number of aromatic nitrogens is 2. The molecular formula is C21H22N4O4. The summed E-state index contributed by atoms with van der Waals surface area (Å²) in [5.41, 5.74) is 2.55. The molecule has 150 valence electrons. The summed E-state index contributed by atoms with van der Waals surface area (Å²) in [4.78, 5) is 37.9. The minimum atomic E-state index is -0.703. The maximum Gasteiger partial charge on any atom is 0.359 e. The summed E-state index contributed by atoms with van der Waals surface area (Å²) < 4.78 is 5.07. The van der Waals surface area contributed by atoms with Gasteiger partial charge in [-0.2, -0.15) is 5.10 Å².